The maximum Gasteiger partial charge on any atom is 0.127 e. The standard InChI is InChI=1S/C14H22N2O/c1-10-5-6-12-13(16-8-7-15)4-3-9-17-14(12)11(10)2/h5-6,13,16H,3-4,7-9,15H2,1-2H3. The third-order valence-electron chi connectivity index (χ3n) is 3.50. The molecule has 3 nitrogen and oxygen atoms in total. The first kappa shape index (κ1) is 12.4. The van der Waals surface area contributed by atoms with Crippen molar-refractivity contribution < 1.29 is 4.74 Å². The Labute approximate surface area is 103 Å². The molecular weight excluding hydrogens is 212 g/mol. The molecule has 1 aromatic carbocycles. The number of rotatable bonds is 3. The number of ether oxygens (including phenoxy) is 1. The molecule has 3 N–H and O–H groups in total. The third-order valence-corrected chi connectivity index (χ3v) is 3.50. The molecule has 1 heterocycles. The van der Waals surface area contributed by atoms with E-state index in [4.69, 9.17) is 10.5 Å². The Hall–Kier alpha value is -1.06. The lowest BCUT2D eigenvalue weighted by atomic mass is 9.97. The van der Waals surface area contributed by atoms with Crippen LogP contribution in [0.4, 0.5) is 0 Å². The summed E-state index contributed by atoms with van der Waals surface area (Å²) in [6.07, 6.45) is 2.21. The van der Waals surface area contributed by atoms with E-state index in [1.807, 2.05) is 0 Å². The molecule has 1 aliphatic heterocycles. The minimum Gasteiger partial charge on any atom is -0.493 e. The second-order valence-corrected chi connectivity index (χ2v) is 4.71. The van der Waals surface area contributed by atoms with Crippen molar-refractivity contribution >= 4 is 0 Å². The van der Waals surface area contributed by atoms with Gasteiger partial charge in [-0.3, -0.25) is 0 Å². The lowest BCUT2D eigenvalue weighted by Gasteiger charge is -2.20. The molecule has 0 bridgehead atoms. The van der Waals surface area contributed by atoms with Gasteiger partial charge in [-0.2, -0.15) is 0 Å². The summed E-state index contributed by atoms with van der Waals surface area (Å²) in [6, 6.07) is 4.76. The molecular formula is C14H22N2O. The highest BCUT2D eigenvalue weighted by atomic mass is 16.5. The Kier molecular flexibility index (Phi) is 4.02. The minimum atomic E-state index is 0.385. The zero-order chi connectivity index (χ0) is 12.3. The van der Waals surface area contributed by atoms with E-state index in [-0.39, 0.29) is 0 Å². The van der Waals surface area contributed by atoms with Gasteiger partial charge in [-0.05, 0) is 37.8 Å². The maximum atomic E-state index is 5.90. The molecule has 1 aliphatic rings. The molecule has 0 saturated heterocycles. The van der Waals surface area contributed by atoms with Crippen LogP contribution in [0, 0.1) is 13.8 Å². The average Bonchev–Trinajstić information content (AvgIpc) is 2.54. The fourth-order valence-electron chi connectivity index (χ4n) is 2.36. The van der Waals surface area contributed by atoms with Crippen molar-refractivity contribution in [3.05, 3.63) is 28.8 Å². The van der Waals surface area contributed by atoms with Crippen molar-refractivity contribution in [3.63, 3.8) is 0 Å². The van der Waals surface area contributed by atoms with Gasteiger partial charge in [0.1, 0.15) is 5.75 Å². The zero-order valence-electron chi connectivity index (χ0n) is 10.8. The molecule has 1 aromatic rings. The van der Waals surface area contributed by atoms with Gasteiger partial charge in [-0.25, -0.2) is 0 Å². The minimum absolute atomic E-state index is 0.385. The highest BCUT2D eigenvalue weighted by Gasteiger charge is 2.21. The number of hydrogen-bond donors (Lipinski definition) is 2. The summed E-state index contributed by atoms with van der Waals surface area (Å²) >= 11 is 0. The Bertz CT molecular complexity index is 390. The van der Waals surface area contributed by atoms with Crippen molar-refractivity contribution in [3.8, 4) is 5.75 Å². The van der Waals surface area contributed by atoms with Crippen LogP contribution in [0.25, 0.3) is 0 Å². The van der Waals surface area contributed by atoms with Crippen molar-refractivity contribution in [2.45, 2.75) is 32.7 Å². The summed E-state index contributed by atoms with van der Waals surface area (Å²) in [7, 11) is 0. The van der Waals surface area contributed by atoms with Crippen LogP contribution in [0.15, 0.2) is 12.1 Å². The number of fused-ring (bicyclic) bond motifs is 1. The van der Waals surface area contributed by atoms with Crippen LogP contribution in [0.2, 0.25) is 0 Å². The molecule has 0 fully saturated rings. The maximum absolute atomic E-state index is 5.90. The summed E-state index contributed by atoms with van der Waals surface area (Å²) in [5, 5.41) is 3.51. The predicted molar refractivity (Wildman–Crippen MR) is 70.4 cm³/mol. The first-order chi connectivity index (χ1) is 8.24. The lowest BCUT2D eigenvalue weighted by molar-refractivity contribution is 0.313. The van der Waals surface area contributed by atoms with Gasteiger partial charge in [0, 0.05) is 24.7 Å². The van der Waals surface area contributed by atoms with Crippen LogP contribution in [-0.4, -0.2) is 19.7 Å². The molecule has 0 saturated carbocycles. The van der Waals surface area contributed by atoms with Gasteiger partial charge in [-0.15, -0.1) is 0 Å². The third kappa shape index (κ3) is 2.61. The predicted octanol–water partition coefficient (Wildman–Crippen LogP) is 2.07. The smallest absolute Gasteiger partial charge is 0.127 e. The molecule has 0 radical (unpaired) electrons. The first-order valence-corrected chi connectivity index (χ1v) is 6.40. The summed E-state index contributed by atoms with van der Waals surface area (Å²) in [6.45, 7) is 6.62. The topological polar surface area (TPSA) is 47.3 Å². The largest absolute Gasteiger partial charge is 0.493 e. The Balaban J connectivity index is 2.32. The fourth-order valence-corrected chi connectivity index (χ4v) is 2.36. The summed E-state index contributed by atoms with van der Waals surface area (Å²) < 4.78 is 5.90. The monoisotopic (exact) mass is 234 g/mol. The van der Waals surface area contributed by atoms with E-state index in [0.717, 1.165) is 31.7 Å². The Morgan fingerprint density at radius 3 is 3.00 bits per heavy atom. The van der Waals surface area contributed by atoms with Crippen LogP contribution in [-0.2, 0) is 0 Å². The van der Waals surface area contributed by atoms with Crippen molar-refractivity contribution in [1.82, 2.24) is 5.32 Å². The molecule has 94 valence electrons. The van der Waals surface area contributed by atoms with Gasteiger partial charge in [0.2, 0.25) is 0 Å². The van der Waals surface area contributed by atoms with Gasteiger partial charge in [0.05, 0.1) is 6.61 Å². The molecule has 0 aliphatic carbocycles. The highest BCUT2D eigenvalue weighted by Crippen LogP contribution is 2.35. The normalized spacial score (nSPS) is 19.4. The van der Waals surface area contributed by atoms with Crippen LogP contribution in [0.1, 0.15) is 35.6 Å². The Morgan fingerprint density at radius 2 is 2.24 bits per heavy atom. The number of nitrogens with one attached hydrogen (secondary N) is 1. The number of benzene rings is 1. The summed E-state index contributed by atoms with van der Waals surface area (Å²) in [5.74, 6) is 1.08. The van der Waals surface area contributed by atoms with Gasteiger partial charge in [-0.1, -0.05) is 12.1 Å². The van der Waals surface area contributed by atoms with Crippen molar-refractivity contribution in [2.75, 3.05) is 19.7 Å². The van der Waals surface area contributed by atoms with Gasteiger partial charge in [0.15, 0.2) is 0 Å². The molecule has 2 rings (SSSR count). The van der Waals surface area contributed by atoms with E-state index in [1.54, 1.807) is 0 Å². The molecule has 0 spiro atoms. The quantitative estimate of drug-likeness (QED) is 0.841. The van der Waals surface area contributed by atoms with E-state index in [1.165, 1.54) is 16.7 Å². The summed E-state index contributed by atoms with van der Waals surface area (Å²) in [4.78, 5) is 0. The first-order valence-electron chi connectivity index (χ1n) is 6.40. The molecule has 1 unspecified atom stereocenters. The Morgan fingerprint density at radius 1 is 1.41 bits per heavy atom. The van der Waals surface area contributed by atoms with Crippen LogP contribution >= 0.6 is 0 Å². The van der Waals surface area contributed by atoms with E-state index in [9.17, 15) is 0 Å². The van der Waals surface area contributed by atoms with Crippen LogP contribution < -0.4 is 15.8 Å². The second kappa shape index (κ2) is 5.52. The average molecular weight is 234 g/mol. The number of nitrogens with two attached hydrogens (primary N) is 1. The summed E-state index contributed by atoms with van der Waals surface area (Å²) in [5.41, 5.74) is 9.42. The number of hydrogen-bond acceptors (Lipinski definition) is 3. The SMILES string of the molecule is Cc1ccc2c(c1C)OCCCC2NCCN. The molecule has 17 heavy (non-hydrogen) atoms. The molecule has 0 aromatic heterocycles. The molecule has 0 amide bonds. The van der Waals surface area contributed by atoms with E-state index < -0.39 is 0 Å². The number of aryl methyl sites for hydroxylation is 1. The van der Waals surface area contributed by atoms with E-state index in [0.29, 0.717) is 12.6 Å². The van der Waals surface area contributed by atoms with Crippen molar-refractivity contribution in [1.29, 1.82) is 0 Å². The molecule has 3 heteroatoms. The highest BCUT2D eigenvalue weighted by molar-refractivity contribution is 5.47. The zero-order valence-corrected chi connectivity index (χ0v) is 10.8. The molecule has 1 atom stereocenters. The van der Waals surface area contributed by atoms with Gasteiger partial charge in [0.25, 0.3) is 0 Å². The van der Waals surface area contributed by atoms with Gasteiger partial charge >= 0.3 is 0 Å². The van der Waals surface area contributed by atoms with E-state index in [2.05, 4.69) is 31.3 Å². The van der Waals surface area contributed by atoms with Crippen molar-refractivity contribution in [2.24, 2.45) is 5.73 Å². The lowest BCUT2D eigenvalue weighted by Crippen LogP contribution is -2.27. The fraction of sp³-hybridized carbons (Fsp3) is 0.571. The van der Waals surface area contributed by atoms with Gasteiger partial charge < -0.3 is 15.8 Å². The van der Waals surface area contributed by atoms with Crippen LogP contribution in [0.5, 0.6) is 5.75 Å². The second-order valence-electron chi connectivity index (χ2n) is 4.71. The van der Waals surface area contributed by atoms with Crippen LogP contribution in [0.3, 0.4) is 0 Å². The van der Waals surface area contributed by atoms with E-state index >= 15 is 0 Å².